The number of hydrogen-bond acceptors (Lipinski definition) is 5. The molecule has 0 N–H and O–H groups in total. The molecule has 0 spiro atoms. The molecule has 1 fully saturated rings. The molecule has 0 aromatic carbocycles. The predicted molar refractivity (Wildman–Crippen MR) is 86.7 cm³/mol. The molecule has 0 aliphatic carbocycles. The number of ether oxygens (including phenoxy) is 1. The van der Waals surface area contributed by atoms with Crippen molar-refractivity contribution >= 4 is 17.7 Å². The van der Waals surface area contributed by atoms with Gasteiger partial charge in [-0.1, -0.05) is 0 Å². The highest BCUT2D eigenvalue weighted by Crippen LogP contribution is 2.16. The summed E-state index contributed by atoms with van der Waals surface area (Å²) in [7, 11) is 0. The lowest BCUT2D eigenvalue weighted by molar-refractivity contribution is -0.132. The lowest BCUT2D eigenvalue weighted by atomic mass is 10.2. The first-order valence-electron chi connectivity index (χ1n) is 7.88. The Morgan fingerprint density at radius 3 is 2.91 bits per heavy atom. The highest BCUT2D eigenvalue weighted by atomic mass is 32.2. The number of amides is 1. The fourth-order valence-corrected chi connectivity index (χ4v) is 3.33. The van der Waals surface area contributed by atoms with Crippen molar-refractivity contribution < 1.29 is 9.53 Å². The first kappa shape index (κ1) is 15.8. The second kappa shape index (κ2) is 7.48. The number of hydrogen-bond donors (Lipinski definition) is 0. The molecule has 2 aliphatic heterocycles. The zero-order chi connectivity index (χ0) is 15.4. The van der Waals surface area contributed by atoms with E-state index in [0.29, 0.717) is 13.0 Å². The molecule has 0 atom stereocenters. The third-order valence-electron chi connectivity index (χ3n) is 4.21. The second-order valence-corrected chi connectivity index (χ2v) is 6.78. The van der Waals surface area contributed by atoms with E-state index in [4.69, 9.17) is 9.84 Å². The van der Waals surface area contributed by atoms with Gasteiger partial charge < -0.3 is 9.64 Å². The van der Waals surface area contributed by atoms with E-state index < -0.39 is 0 Å². The Morgan fingerprint density at radius 1 is 1.32 bits per heavy atom. The van der Waals surface area contributed by atoms with E-state index in [1.807, 2.05) is 11.2 Å². The quantitative estimate of drug-likeness (QED) is 0.802. The van der Waals surface area contributed by atoms with Crippen molar-refractivity contribution in [3.05, 3.63) is 17.5 Å². The van der Waals surface area contributed by atoms with Crippen LogP contribution < -0.4 is 0 Å². The van der Waals surface area contributed by atoms with Gasteiger partial charge in [0, 0.05) is 38.4 Å². The van der Waals surface area contributed by atoms with Gasteiger partial charge in [0.25, 0.3) is 0 Å². The summed E-state index contributed by atoms with van der Waals surface area (Å²) < 4.78 is 7.44. The van der Waals surface area contributed by atoms with Gasteiger partial charge in [0.15, 0.2) is 0 Å². The molecular formula is C15H24N4O2S. The Balaban J connectivity index is 1.58. The van der Waals surface area contributed by atoms with Gasteiger partial charge in [0.1, 0.15) is 0 Å². The SMILES string of the molecule is CSCCC(=O)N1CCn2nc(CN3CCOCC3)cc2C1. The molecule has 3 rings (SSSR count). The average Bonchev–Trinajstić information content (AvgIpc) is 2.94. The molecule has 7 heteroatoms. The van der Waals surface area contributed by atoms with E-state index in [2.05, 4.69) is 15.6 Å². The van der Waals surface area contributed by atoms with Gasteiger partial charge in [-0.2, -0.15) is 16.9 Å². The van der Waals surface area contributed by atoms with Crippen molar-refractivity contribution in [3.8, 4) is 0 Å². The molecule has 0 radical (unpaired) electrons. The first-order valence-corrected chi connectivity index (χ1v) is 9.28. The Morgan fingerprint density at radius 2 is 2.14 bits per heavy atom. The number of nitrogens with zero attached hydrogens (tertiary/aromatic N) is 4. The van der Waals surface area contributed by atoms with Crippen LogP contribution in [0.25, 0.3) is 0 Å². The van der Waals surface area contributed by atoms with Crippen LogP contribution >= 0.6 is 11.8 Å². The average molecular weight is 324 g/mol. The molecule has 1 saturated heterocycles. The van der Waals surface area contributed by atoms with E-state index in [1.54, 1.807) is 11.8 Å². The van der Waals surface area contributed by atoms with Crippen LogP contribution in [0.5, 0.6) is 0 Å². The van der Waals surface area contributed by atoms with E-state index in [9.17, 15) is 4.79 Å². The van der Waals surface area contributed by atoms with Crippen LogP contribution in [0.15, 0.2) is 6.07 Å². The summed E-state index contributed by atoms with van der Waals surface area (Å²) in [6.07, 6.45) is 2.67. The summed E-state index contributed by atoms with van der Waals surface area (Å²) in [5, 5.41) is 4.69. The fraction of sp³-hybridized carbons (Fsp3) is 0.733. The zero-order valence-corrected chi connectivity index (χ0v) is 14.0. The molecule has 3 heterocycles. The van der Waals surface area contributed by atoms with Crippen LogP contribution in [0.1, 0.15) is 17.8 Å². The van der Waals surface area contributed by atoms with Gasteiger partial charge >= 0.3 is 0 Å². The molecule has 2 aliphatic rings. The van der Waals surface area contributed by atoms with Crippen molar-refractivity contribution in [3.63, 3.8) is 0 Å². The minimum Gasteiger partial charge on any atom is -0.379 e. The number of fused-ring (bicyclic) bond motifs is 1. The maximum atomic E-state index is 12.2. The Kier molecular flexibility index (Phi) is 5.38. The van der Waals surface area contributed by atoms with Gasteiger partial charge in [0.2, 0.25) is 5.91 Å². The second-order valence-electron chi connectivity index (χ2n) is 5.80. The van der Waals surface area contributed by atoms with E-state index in [0.717, 1.165) is 63.1 Å². The molecule has 0 unspecified atom stereocenters. The van der Waals surface area contributed by atoms with Crippen LogP contribution in [-0.2, 0) is 29.2 Å². The smallest absolute Gasteiger partial charge is 0.223 e. The van der Waals surface area contributed by atoms with Gasteiger partial charge in [0.05, 0.1) is 37.7 Å². The topological polar surface area (TPSA) is 50.6 Å². The van der Waals surface area contributed by atoms with Crippen molar-refractivity contribution in [2.45, 2.75) is 26.1 Å². The first-order chi connectivity index (χ1) is 10.8. The maximum absolute atomic E-state index is 12.2. The number of rotatable bonds is 5. The van der Waals surface area contributed by atoms with E-state index in [1.165, 1.54) is 0 Å². The van der Waals surface area contributed by atoms with Crippen molar-refractivity contribution in [1.82, 2.24) is 19.6 Å². The van der Waals surface area contributed by atoms with E-state index >= 15 is 0 Å². The minimum absolute atomic E-state index is 0.261. The van der Waals surface area contributed by atoms with Gasteiger partial charge in [-0.15, -0.1) is 0 Å². The van der Waals surface area contributed by atoms with Crippen LogP contribution in [0.4, 0.5) is 0 Å². The summed E-state index contributed by atoms with van der Waals surface area (Å²) in [5.74, 6) is 1.16. The van der Waals surface area contributed by atoms with E-state index in [-0.39, 0.29) is 5.91 Å². The highest BCUT2D eigenvalue weighted by molar-refractivity contribution is 7.98. The van der Waals surface area contributed by atoms with Gasteiger partial charge in [-0.3, -0.25) is 14.4 Å². The summed E-state index contributed by atoms with van der Waals surface area (Å²) in [4.78, 5) is 16.5. The van der Waals surface area contributed by atoms with Gasteiger partial charge in [-0.25, -0.2) is 0 Å². The number of morpholine rings is 1. The number of carbonyl (C=O) groups excluding carboxylic acids is 1. The van der Waals surface area contributed by atoms with Gasteiger partial charge in [-0.05, 0) is 12.3 Å². The lowest BCUT2D eigenvalue weighted by Crippen LogP contribution is -2.38. The third kappa shape index (κ3) is 3.83. The van der Waals surface area contributed by atoms with Crippen LogP contribution in [0.3, 0.4) is 0 Å². The lowest BCUT2D eigenvalue weighted by Gasteiger charge is -2.27. The molecular weight excluding hydrogens is 300 g/mol. The number of aromatic nitrogens is 2. The molecule has 0 bridgehead atoms. The molecule has 1 aromatic heterocycles. The normalized spacial score (nSPS) is 19.2. The third-order valence-corrected chi connectivity index (χ3v) is 4.82. The zero-order valence-electron chi connectivity index (χ0n) is 13.2. The monoisotopic (exact) mass is 324 g/mol. The summed E-state index contributed by atoms with van der Waals surface area (Å²) >= 11 is 1.72. The molecule has 1 aromatic rings. The largest absolute Gasteiger partial charge is 0.379 e. The molecule has 1 amide bonds. The molecule has 0 saturated carbocycles. The van der Waals surface area contributed by atoms with Crippen molar-refractivity contribution in [1.29, 1.82) is 0 Å². The fourth-order valence-electron chi connectivity index (χ4n) is 2.95. The highest BCUT2D eigenvalue weighted by Gasteiger charge is 2.22. The minimum atomic E-state index is 0.261. The summed E-state index contributed by atoms with van der Waals surface area (Å²) in [6.45, 7) is 6.73. The molecule has 122 valence electrons. The molecule has 22 heavy (non-hydrogen) atoms. The Bertz CT molecular complexity index is 514. The number of carbonyl (C=O) groups is 1. The summed E-state index contributed by atoms with van der Waals surface area (Å²) in [5.41, 5.74) is 2.27. The Labute approximate surface area is 135 Å². The Hall–Kier alpha value is -1.05. The van der Waals surface area contributed by atoms with Crippen molar-refractivity contribution in [2.75, 3.05) is 44.9 Å². The maximum Gasteiger partial charge on any atom is 0.223 e. The standard InChI is InChI=1S/C15H24N4O2S/c1-22-9-2-15(20)18-3-4-19-14(12-18)10-13(16-19)11-17-5-7-21-8-6-17/h10H,2-9,11-12H2,1H3. The molecule has 6 nitrogen and oxygen atoms in total. The van der Waals surface area contributed by atoms with Crippen LogP contribution in [-0.4, -0.2) is 70.3 Å². The number of thioether (sulfide) groups is 1. The van der Waals surface area contributed by atoms with Crippen LogP contribution in [0, 0.1) is 0 Å². The van der Waals surface area contributed by atoms with Crippen molar-refractivity contribution in [2.24, 2.45) is 0 Å². The summed E-state index contributed by atoms with van der Waals surface area (Å²) in [6, 6.07) is 2.16. The van der Waals surface area contributed by atoms with Crippen LogP contribution in [0.2, 0.25) is 0 Å². The predicted octanol–water partition coefficient (Wildman–Crippen LogP) is 0.811.